The van der Waals surface area contributed by atoms with Crippen LogP contribution >= 0.6 is 0 Å². The number of primary amides is 1. The molecule has 4 aromatic carbocycles. The second-order valence-corrected chi connectivity index (χ2v) is 12.2. The Labute approximate surface area is 262 Å². The molecule has 7 bridgehead atoms. The first-order valence-electron chi connectivity index (χ1n) is 15.4. The van der Waals surface area contributed by atoms with Gasteiger partial charge >= 0.3 is 6.03 Å². The number of nitrogens with zero attached hydrogens (tertiary/aromatic N) is 2. The second kappa shape index (κ2) is 10.6. The van der Waals surface area contributed by atoms with Crippen LogP contribution in [0.4, 0.5) is 4.79 Å². The first-order chi connectivity index (χ1) is 21.9. The van der Waals surface area contributed by atoms with Gasteiger partial charge in [-0.25, -0.2) is 4.79 Å². The van der Waals surface area contributed by atoms with Crippen molar-refractivity contribution in [3.05, 3.63) is 94.0 Å². The van der Waals surface area contributed by atoms with Crippen LogP contribution in [-0.4, -0.2) is 50.2 Å². The summed E-state index contributed by atoms with van der Waals surface area (Å²) in [4.78, 5) is 16.9. The van der Waals surface area contributed by atoms with Gasteiger partial charge in [-0.3, -0.25) is 4.90 Å². The van der Waals surface area contributed by atoms with Gasteiger partial charge in [-0.1, -0.05) is 18.2 Å². The lowest BCUT2D eigenvalue weighted by Crippen LogP contribution is -2.44. The minimum absolute atomic E-state index is 0.112. The summed E-state index contributed by atoms with van der Waals surface area (Å²) in [6, 6.07) is 19.6. The van der Waals surface area contributed by atoms with Gasteiger partial charge in [0.1, 0.15) is 5.75 Å². The van der Waals surface area contributed by atoms with Gasteiger partial charge in [-0.15, -0.1) is 0 Å². The highest BCUT2D eigenvalue weighted by Gasteiger charge is 2.39. The average Bonchev–Trinajstić information content (AvgIpc) is 3.04. The van der Waals surface area contributed by atoms with Crippen molar-refractivity contribution in [2.75, 3.05) is 34.4 Å². The quantitative estimate of drug-likeness (QED) is 0.239. The number of ether oxygens (including phenoxy) is 5. The monoisotopic (exact) mass is 605 g/mol. The number of carbonyl (C=O) groups excluding carboxylic acids is 1. The Morgan fingerprint density at radius 3 is 2.24 bits per heavy atom. The summed E-state index contributed by atoms with van der Waals surface area (Å²) in [5.74, 6) is 5.05. The predicted octanol–water partition coefficient (Wildman–Crippen LogP) is 6.70. The van der Waals surface area contributed by atoms with E-state index in [1.54, 1.807) is 19.1 Å². The van der Waals surface area contributed by atoms with E-state index in [0.717, 1.165) is 41.6 Å². The fourth-order valence-electron chi connectivity index (χ4n) is 7.31. The molecule has 0 fully saturated rings. The minimum atomic E-state index is -0.471. The molecule has 9 heteroatoms. The molecule has 0 spiro atoms. The third-order valence-electron chi connectivity index (χ3n) is 9.65. The van der Waals surface area contributed by atoms with Gasteiger partial charge in [0.05, 0.1) is 20.3 Å². The van der Waals surface area contributed by atoms with E-state index < -0.39 is 6.03 Å². The fraction of sp³-hybridized carbons (Fsp3) is 0.306. The molecular formula is C36H35N3O6. The van der Waals surface area contributed by atoms with Crippen LogP contribution < -0.4 is 29.4 Å². The number of carbonyl (C=O) groups is 1. The van der Waals surface area contributed by atoms with Crippen molar-refractivity contribution in [1.29, 1.82) is 0 Å². The summed E-state index contributed by atoms with van der Waals surface area (Å²) in [6.45, 7) is 1.41. The molecule has 2 atom stereocenters. The maximum absolute atomic E-state index is 12.8. The van der Waals surface area contributed by atoms with Crippen LogP contribution in [0.15, 0.2) is 60.7 Å². The summed E-state index contributed by atoms with van der Waals surface area (Å²) >= 11 is 0. The number of hydrogen-bond acceptors (Lipinski definition) is 7. The van der Waals surface area contributed by atoms with Crippen molar-refractivity contribution in [1.82, 2.24) is 9.80 Å². The maximum atomic E-state index is 12.8. The van der Waals surface area contributed by atoms with E-state index >= 15 is 0 Å². The van der Waals surface area contributed by atoms with E-state index in [2.05, 4.69) is 36.2 Å². The highest BCUT2D eigenvalue weighted by atomic mass is 16.6. The lowest BCUT2D eigenvalue weighted by molar-refractivity contribution is 0.175. The molecule has 0 aliphatic carbocycles. The van der Waals surface area contributed by atoms with Crippen molar-refractivity contribution in [3.8, 4) is 46.0 Å². The van der Waals surface area contributed by atoms with Crippen molar-refractivity contribution < 1.29 is 28.5 Å². The molecule has 5 aliphatic heterocycles. The number of hydrogen-bond donors (Lipinski definition) is 1. The Morgan fingerprint density at radius 2 is 1.47 bits per heavy atom. The molecule has 0 unspecified atom stereocenters. The highest BCUT2D eigenvalue weighted by molar-refractivity contribution is 5.75. The highest BCUT2D eigenvalue weighted by Crippen LogP contribution is 2.56. The van der Waals surface area contributed by atoms with Crippen molar-refractivity contribution in [2.45, 2.75) is 37.8 Å². The fourth-order valence-corrected chi connectivity index (χ4v) is 7.31. The average molecular weight is 606 g/mol. The van der Waals surface area contributed by atoms with Gasteiger partial charge in [-0.2, -0.15) is 0 Å². The van der Waals surface area contributed by atoms with Gasteiger partial charge in [0, 0.05) is 24.7 Å². The molecule has 0 saturated carbocycles. The van der Waals surface area contributed by atoms with Crippen LogP contribution in [-0.2, 0) is 25.7 Å². The van der Waals surface area contributed by atoms with E-state index in [-0.39, 0.29) is 12.1 Å². The van der Waals surface area contributed by atoms with Crippen LogP contribution in [0.2, 0.25) is 0 Å². The van der Waals surface area contributed by atoms with Gasteiger partial charge in [0.25, 0.3) is 0 Å². The standard InChI is InChI=1S/C36H35N3O6/c1-38-12-10-22-17-30-31-19-25(22)26(38)15-21-6-9-28(41-2)29(16-21)43-24-7-4-20(5-8-24)14-27-33-23(11-13-39(27)36(37)40)18-32(42-3)34(44-30)35(33)45-31/h4-9,16-19,26-27H,10-15H2,1-3H3,(H2,37,40)/t26-,27-/m0/s1. The topological polar surface area (TPSA) is 95.7 Å². The summed E-state index contributed by atoms with van der Waals surface area (Å²) in [5.41, 5.74) is 12.5. The van der Waals surface area contributed by atoms with E-state index in [1.807, 2.05) is 36.4 Å². The molecule has 0 saturated heterocycles. The van der Waals surface area contributed by atoms with E-state index in [1.165, 1.54) is 11.1 Å². The number of amides is 2. The lowest BCUT2D eigenvalue weighted by Gasteiger charge is -2.39. The van der Waals surface area contributed by atoms with Gasteiger partial charge in [0.2, 0.25) is 5.75 Å². The Bertz CT molecular complexity index is 1840. The first kappa shape index (κ1) is 27.6. The molecular weight excluding hydrogens is 570 g/mol. The van der Waals surface area contributed by atoms with Crippen LogP contribution in [0.5, 0.6) is 46.0 Å². The number of rotatable bonds is 2. The molecule has 5 aliphatic rings. The Morgan fingerprint density at radius 1 is 0.756 bits per heavy atom. The normalized spacial score (nSPS) is 19.5. The number of nitrogens with two attached hydrogens (primary N) is 1. The molecule has 0 radical (unpaired) electrons. The molecule has 0 aromatic heterocycles. The molecule has 2 N–H and O–H groups in total. The summed E-state index contributed by atoms with van der Waals surface area (Å²) in [6.07, 6.45) is 2.83. The summed E-state index contributed by atoms with van der Waals surface area (Å²) in [7, 11) is 5.46. The smallest absolute Gasteiger partial charge is 0.315 e. The number of urea groups is 1. The third kappa shape index (κ3) is 4.61. The Kier molecular flexibility index (Phi) is 6.53. The Hall–Kier alpha value is -4.89. The predicted molar refractivity (Wildman–Crippen MR) is 168 cm³/mol. The zero-order valence-electron chi connectivity index (χ0n) is 25.6. The molecule has 9 nitrogen and oxygen atoms in total. The third-order valence-corrected chi connectivity index (χ3v) is 9.65. The maximum Gasteiger partial charge on any atom is 0.315 e. The molecule has 4 aromatic rings. The molecule has 230 valence electrons. The van der Waals surface area contributed by atoms with Gasteiger partial charge < -0.3 is 34.3 Å². The molecule has 45 heavy (non-hydrogen) atoms. The Balaban J connectivity index is 1.34. The zero-order valence-corrected chi connectivity index (χ0v) is 25.6. The van der Waals surface area contributed by atoms with Crippen LogP contribution in [0.3, 0.4) is 0 Å². The largest absolute Gasteiger partial charge is 0.493 e. The number of methoxy groups -OCH3 is 2. The van der Waals surface area contributed by atoms with Crippen molar-refractivity contribution in [2.24, 2.45) is 5.73 Å². The van der Waals surface area contributed by atoms with E-state index in [4.69, 9.17) is 29.4 Å². The lowest BCUT2D eigenvalue weighted by atomic mass is 9.86. The van der Waals surface area contributed by atoms with Crippen LogP contribution in [0.25, 0.3) is 0 Å². The van der Waals surface area contributed by atoms with Crippen molar-refractivity contribution in [3.63, 3.8) is 0 Å². The summed E-state index contributed by atoms with van der Waals surface area (Å²) in [5, 5.41) is 0. The van der Waals surface area contributed by atoms with Crippen molar-refractivity contribution >= 4 is 6.03 Å². The SMILES string of the molecule is COc1ccc2cc1Oc1ccc(cc1)C[C@H]1c3c(cc(OC)c4c3Oc3cc5c(cc3O4)CCN(C)[C@H]5C2)CCN1C(N)=O. The van der Waals surface area contributed by atoms with Gasteiger partial charge in [0.15, 0.2) is 34.5 Å². The van der Waals surface area contributed by atoms with Crippen LogP contribution in [0, 0.1) is 0 Å². The van der Waals surface area contributed by atoms with Gasteiger partial charge in [-0.05, 0) is 103 Å². The first-order valence-corrected chi connectivity index (χ1v) is 15.4. The minimum Gasteiger partial charge on any atom is -0.493 e. The molecule has 9 rings (SSSR count). The second-order valence-electron chi connectivity index (χ2n) is 12.2. The number of benzene rings is 4. The van der Waals surface area contributed by atoms with Crippen LogP contribution in [0.1, 0.15) is 45.5 Å². The molecule has 5 heterocycles. The number of likely N-dealkylation sites (N-methyl/N-ethyl adjacent to an activating group) is 1. The number of fused-ring (bicyclic) bond motifs is 2. The van der Waals surface area contributed by atoms with E-state index in [9.17, 15) is 4.79 Å². The summed E-state index contributed by atoms with van der Waals surface area (Å²) < 4.78 is 31.3. The van der Waals surface area contributed by atoms with E-state index in [0.29, 0.717) is 65.4 Å². The molecule has 2 amide bonds. The zero-order chi connectivity index (χ0) is 30.8.